The second kappa shape index (κ2) is 4.79. The fourth-order valence-electron chi connectivity index (χ4n) is 1.96. The average Bonchev–Trinajstić information content (AvgIpc) is 2.76. The maximum atomic E-state index is 5.88. The Morgan fingerprint density at radius 1 is 1.10 bits per heavy atom. The van der Waals surface area contributed by atoms with Gasteiger partial charge in [-0.05, 0) is 50.2 Å². The molecule has 0 aliphatic heterocycles. The number of aryl methyl sites for hydroxylation is 2. The molecule has 2 aromatic heterocycles. The summed E-state index contributed by atoms with van der Waals surface area (Å²) in [6, 6.07) is 6.15. The molecule has 0 unspecified atom stereocenters. The van der Waals surface area contributed by atoms with Gasteiger partial charge < -0.3 is 10.7 Å². The molecule has 0 aliphatic rings. The molecule has 6 heteroatoms. The van der Waals surface area contributed by atoms with Gasteiger partial charge in [-0.25, -0.2) is 15.0 Å². The Hall–Kier alpha value is -2.08. The third-order valence-corrected chi connectivity index (χ3v) is 4.04. The molecule has 3 N–H and O–H groups in total. The minimum absolute atomic E-state index is 0.520. The molecular weight excluding hydrogens is 270 g/mol. The quantitative estimate of drug-likeness (QED) is 0.707. The number of benzene rings is 1. The molecule has 0 atom stereocenters. The second-order valence-electron chi connectivity index (χ2n) is 4.75. The van der Waals surface area contributed by atoms with Crippen molar-refractivity contribution in [3.05, 3.63) is 35.2 Å². The highest BCUT2D eigenvalue weighted by Crippen LogP contribution is 2.30. The van der Waals surface area contributed by atoms with Crippen molar-refractivity contribution < 1.29 is 0 Å². The predicted octanol–water partition coefficient (Wildman–Crippen LogP) is 3.01. The summed E-state index contributed by atoms with van der Waals surface area (Å²) in [5.41, 5.74) is 9.95. The highest BCUT2D eigenvalue weighted by atomic mass is 32.2. The minimum atomic E-state index is 0.520. The molecule has 5 nitrogen and oxygen atoms in total. The number of H-pyrrole nitrogens is 1. The first kappa shape index (κ1) is 12.9. The zero-order valence-corrected chi connectivity index (χ0v) is 12.4. The number of aromatic amines is 1. The van der Waals surface area contributed by atoms with Crippen LogP contribution < -0.4 is 5.73 Å². The molecule has 1 aromatic carbocycles. The number of nitrogen functional groups attached to an aromatic ring is 1. The van der Waals surface area contributed by atoms with E-state index < -0.39 is 0 Å². The third-order valence-electron chi connectivity index (χ3n) is 3.06. The number of imidazole rings is 1. The Balaban J connectivity index is 2.01. The van der Waals surface area contributed by atoms with Crippen LogP contribution in [0.15, 0.2) is 28.4 Å². The van der Waals surface area contributed by atoms with Crippen molar-refractivity contribution in [1.82, 2.24) is 19.9 Å². The molecule has 0 aliphatic carbocycles. The number of fused-ring (bicyclic) bond motifs is 1. The number of hydrogen-bond acceptors (Lipinski definition) is 5. The van der Waals surface area contributed by atoms with Gasteiger partial charge in [-0.1, -0.05) is 6.07 Å². The van der Waals surface area contributed by atoms with Crippen LogP contribution in [0.5, 0.6) is 0 Å². The van der Waals surface area contributed by atoms with Gasteiger partial charge in [0.25, 0.3) is 0 Å². The van der Waals surface area contributed by atoms with Gasteiger partial charge in [0.1, 0.15) is 16.7 Å². The lowest BCUT2D eigenvalue weighted by Crippen LogP contribution is -2.01. The van der Waals surface area contributed by atoms with Gasteiger partial charge >= 0.3 is 0 Å². The molecule has 0 fully saturated rings. The van der Waals surface area contributed by atoms with E-state index in [2.05, 4.69) is 39.0 Å². The molecule has 3 aromatic rings. The largest absolute Gasteiger partial charge is 0.383 e. The lowest BCUT2D eigenvalue weighted by Gasteiger charge is -2.05. The second-order valence-corrected chi connectivity index (χ2v) is 5.73. The van der Waals surface area contributed by atoms with Crippen LogP contribution in [0.4, 0.5) is 5.82 Å². The van der Waals surface area contributed by atoms with Crippen molar-refractivity contribution in [2.75, 3.05) is 5.73 Å². The summed E-state index contributed by atoms with van der Waals surface area (Å²) < 4.78 is 0. The highest BCUT2D eigenvalue weighted by molar-refractivity contribution is 7.99. The zero-order valence-electron chi connectivity index (χ0n) is 11.6. The third kappa shape index (κ3) is 2.34. The Labute approximate surface area is 121 Å². The summed E-state index contributed by atoms with van der Waals surface area (Å²) >= 11 is 1.48. The van der Waals surface area contributed by atoms with Crippen molar-refractivity contribution in [2.45, 2.75) is 31.0 Å². The van der Waals surface area contributed by atoms with Crippen LogP contribution in [0.25, 0.3) is 11.0 Å². The first-order valence-corrected chi connectivity index (χ1v) is 7.09. The molecule has 20 heavy (non-hydrogen) atoms. The monoisotopic (exact) mass is 285 g/mol. The Bertz CT molecular complexity index is 794. The van der Waals surface area contributed by atoms with Gasteiger partial charge in [0.2, 0.25) is 0 Å². The van der Waals surface area contributed by atoms with E-state index in [1.165, 1.54) is 17.3 Å². The lowest BCUT2D eigenvalue weighted by atomic mass is 10.2. The SMILES string of the molecule is Cc1ccc2nc(Sc3nc(C)nc(N)c3C)[nH]c2c1. The number of aromatic nitrogens is 4. The maximum Gasteiger partial charge on any atom is 0.172 e. The first-order chi connectivity index (χ1) is 9.52. The van der Waals surface area contributed by atoms with Gasteiger partial charge in [-0.2, -0.15) is 0 Å². The zero-order chi connectivity index (χ0) is 14.3. The number of nitrogens with zero attached hydrogens (tertiary/aromatic N) is 3. The van der Waals surface area contributed by atoms with Gasteiger partial charge in [-0.3, -0.25) is 0 Å². The van der Waals surface area contributed by atoms with E-state index in [9.17, 15) is 0 Å². The Morgan fingerprint density at radius 2 is 1.90 bits per heavy atom. The maximum absolute atomic E-state index is 5.88. The van der Waals surface area contributed by atoms with Gasteiger partial charge in [0, 0.05) is 5.56 Å². The van der Waals surface area contributed by atoms with Crippen LogP contribution in [-0.4, -0.2) is 19.9 Å². The molecule has 102 valence electrons. The van der Waals surface area contributed by atoms with Crippen molar-refractivity contribution in [3.63, 3.8) is 0 Å². The summed E-state index contributed by atoms with van der Waals surface area (Å²) in [6.45, 7) is 5.82. The molecule has 0 bridgehead atoms. The topological polar surface area (TPSA) is 80.5 Å². The number of nitrogens with two attached hydrogens (primary N) is 1. The Kier molecular flexibility index (Phi) is 3.10. The van der Waals surface area contributed by atoms with E-state index in [0.717, 1.165) is 26.8 Å². The van der Waals surface area contributed by atoms with E-state index in [4.69, 9.17) is 5.73 Å². The summed E-state index contributed by atoms with van der Waals surface area (Å²) in [7, 11) is 0. The average molecular weight is 285 g/mol. The Morgan fingerprint density at radius 3 is 2.70 bits per heavy atom. The van der Waals surface area contributed by atoms with Crippen LogP contribution in [-0.2, 0) is 0 Å². The van der Waals surface area contributed by atoms with Gasteiger partial charge in [0.15, 0.2) is 5.16 Å². The first-order valence-electron chi connectivity index (χ1n) is 6.28. The molecular formula is C14H15N5S. The van der Waals surface area contributed by atoms with E-state index >= 15 is 0 Å². The molecule has 3 rings (SSSR count). The van der Waals surface area contributed by atoms with E-state index in [1.54, 1.807) is 0 Å². The number of anilines is 1. The molecule has 0 amide bonds. The van der Waals surface area contributed by atoms with E-state index in [1.807, 2.05) is 19.9 Å². The number of rotatable bonds is 2. The molecule has 0 saturated heterocycles. The molecule has 0 saturated carbocycles. The predicted molar refractivity (Wildman–Crippen MR) is 80.9 cm³/mol. The summed E-state index contributed by atoms with van der Waals surface area (Å²) in [6.07, 6.45) is 0. The fraction of sp³-hybridized carbons (Fsp3) is 0.214. The summed E-state index contributed by atoms with van der Waals surface area (Å²) in [5, 5.41) is 1.65. The van der Waals surface area contributed by atoms with E-state index in [-0.39, 0.29) is 0 Å². The summed E-state index contributed by atoms with van der Waals surface area (Å²) in [4.78, 5) is 16.4. The highest BCUT2D eigenvalue weighted by Gasteiger charge is 2.11. The fourth-order valence-corrected chi connectivity index (χ4v) is 2.89. The molecule has 2 heterocycles. The lowest BCUT2D eigenvalue weighted by molar-refractivity contribution is 0.940. The van der Waals surface area contributed by atoms with Crippen molar-refractivity contribution in [3.8, 4) is 0 Å². The summed E-state index contributed by atoms with van der Waals surface area (Å²) in [5.74, 6) is 1.19. The van der Waals surface area contributed by atoms with Crippen molar-refractivity contribution >= 4 is 28.6 Å². The van der Waals surface area contributed by atoms with Crippen LogP contribution in [0.2, 0.25) is 0 Å². The molecule has 0 radical (unpaired) electrons. The number of nitrogens with one attached hydrogen (secondary N) is 1. The van der Waals surface area contributed by atoms with Crippen molar-refractivity contribution in [2.24, 2.45) is 0 Å². The van der Waals surface area contributed by atoms with Gasteiger partial charge in [-0.15, -0.1) is 0 Å². The van der Waals surface area contributed by atoms with Gasteiger partial charge in [0.05, 0.1) is 11.0 Å². The van der Waals surface area contributed by atoms with Crippen molar-refractivity contribution in [1.29, 1.82) is 0 Å². The van der Waals surface area contributed by atoms with E-state index in [0.29, 0.717) is 11.6 Å². The standard InChI is InChI=1S/C14H15N5S/c1-7-4-5-10-11(6-7)19-14(18-10)20-13-8(2)12(15)16-9(3)17-13/h4-6H,1-3H3,(H,18,19)(H2,15,16,17). The minimum Gasteiger partial charge on any atom is -0.383 e. The number of hydrogen-bond donors (Lipinski definition) is 2. The van der Waals surface area contributed by atoms with Crippen LogP contribution >= 0.6 is 11.8 Å². The van der Waals surface area contributed by atoms with Crippen LogP contribution in [0, 0.1) is 20.8 Å². The molecule has 0 spiro atoms. The smallest absolute Gasteiger partial charge is 0.172 e. The normalized spacial score (nSPS) is 11.2. The van der Waals surface area contributed by atoms with Crippen LogP contribution in [0.1, 0.15) is 17.0 Å². The van der Waals surface area contributed by atoms with Crippen LogP contribution in [0.3, 0.4) is 0 Å².